The molecule has 8 nitrogen and oxygen atoms in total. The van der Waals surface area contributed by atoms with Crippen LogP contribution < -0.4 is 11.5 Å². The summed E-state index contributed by atoms with van der Waals surface area (Å²) in [6.45, 7) is 0. The van der Waals surface area contributed by atoms with E-state index < -0.39 is 24.0 Å². The van der Waals surface area contributed by atoms with Gasteiger partial charge in [0.15, 0.2) is 0 Å². The van der Waals surface area contributed by atoms with Crippen molar-refractivity contribution < 1.29 is 30.0 Å². The highest BCUT2D eigenvalue weighted by atomic mass is 127. The Bertz CT molecular complexity index is 871. The molecule has 0 fully saturated rings. The van der Waals surface area contributed by atoms with Gasteiger partial charge in [0, 0.05) is 0 Å². The summed E-state index contributed by atoms with van der Waals surface area (Å²) in [5, 5.41) is 36.0. The molecule has 0 saturated carbocycles. The molecule has 0 aliphatic carbocycles. The second-order valence-electron chi connectivity index (χ2n) is 5.99. The van der Waals surface area contributed by atoms with Crippen LogP contribution in [-0.2, 0) is 22.4 Å². The van der Waals surface area contributed by atoms with E-state index in [2.05, 4.69) is 0 Å². The van der Waals surface area contributed by atoms with Crippen LogP contribution >= 0.6 is 67.8 Å². The number of halogens is 3. The van der Waals surface area contributed by atoms with E-state index in [0.29, 0.717) is 10.7 Å². The first-order valence-corrected chi connectivity index (χ1v) is 11.3. The third-order valence-electron chi connectivity index (χ3n) is 3.63. The highest BCUT2D eigenvalue weighted by Crippen LogP contribution is 2.27. The Morgan fingerprint density at radius 1 is 0.793 bits per heavy atom. The molecule has 0 heterocycles. The van der Waals surface area contributed by atoms with Crippen LogP contribution in [0.15, 0.2) is 30.3 Å². The Hall–Kier alpha value is -0.910. The van der Waals surface area contributed by atoms with E-state index in [9.17, 15) is 19.8 Å². The highest BCUT2D eigenvalue weighted by Gasteiger charge is 2.14. The number of rotatable bonds is 6. The van der Waals surface area contributed by atoms with Gasteiger partial charge in [-0.1, -0.05) is 6.07 Å². The lowest BCUT2D eigenvalue weighted by molar-refractivity contribution is -0.139. The van der Waals surface area contributed by atoms with E-state index in [0.717, 1.165) is 11.1 Å². The normalized spacial score (nSPS) is 12.4. The summed E-state index contributed by atoms with van der Waals surface area (Å²) in [6.07, 6.45) is 0.535. The van der Waals surface area contributed by atoms with E-state index >= 15 is 0 Å². The van der Waals surface area contributed by atoms with Gasteiger partial charge in [0.2, 0.25) is 0 Å². The first-order valence-electron chi connectivity index (χ1n) is 8.03. The Kier molecular flexibility index (Phi) is 10.9. The minimum atomic E-state index is -1.02. The average Bonchev–Trinajstić information content (AvgIpc) is 2.63. The van der Waals surface area contributed by atoms with Crippen LogP contribution in [0.25, 0.3) is 0 Å². The van der Waals surface area contributed by atoms with Crippen LogP contribution in [0.4, 0.5) is 0 Å². The van der Waals surface area contributed by atoms with Gasteiger partial charge in [-0.3, -0.25) is 9.59 Å². The Balaban J connectivity index is 0.000000291. The second kappa shape index (κ2) is 12.1. The number of nitrogens with two attached hydrogens (primary N) is 2. The molecule has 0 radical (unpaired) electrons. The van der Waals surface area contributed by atoms with E-state index in [4.69, 9.17) is 21.7 Å². The highest BCUT2D eigenvalue weighted by molar-refractivity contribution is 14.1. The number of carboxylic acid groups (broad SMARTS) is 2. The topological polar surface area (TPSA) is 167 Å². The Morgan fingerprint density at radius 2 is 1.21 bits per heavy atom. The zero-order valence-corrected chi connectivity index (χ0v) is 21.3. The summed E-state index contributed by atoms with van der Waals surface area (Å²) in [4.78, 5) is 21.0. The summed E-state index contributed by atoms with van der Waals surface area (Å²) < 4.78 is 2.09. The molecule has 0 unspecified atom stereocenters. The number of aromatic hydroxyl groups is 2. The molecular weight excluding hydrogens is 721 g/mol. The van der Waals surface area contributed by atoms with Gasteiger partial charge in [0.05, 0.1) is 10.7 Å². The first-order chi connectivity index (χ1) is 13.4. The van der Waals surface area contributed by atoms with Crippen molar-refractivity contribution in [3.63, 3.8) is 0 Å². The maximum atomic E-state index is 10.6. The van der Waals surface area contributed by atoms with Crippen molar-refractivity contribution in [2.24, 2.45) is 11.5 Å². The van der Waals surface area contributed by atoms with Crippen molar-refractivity contribution in [1.82, 2.24) is 0 Å². The van der Waals surface area contributed by atoms with Gasteiger partial charge in [0.25, 0.3) is 0 Å². The first kappa shape index (κ1) is 26.1. The van der Waals surface area contributed by atoms with Crippen molar-refractivity contribution in [3.8, 4) is 11.5 Å². The molecule has 0 bridgehead atoms. The van der Waals surface area contributed by atoms with Crippen molar-refractivity contribution in [3.05, 3.63) is 52.2 Å². The third-order valence-corrected chi connectivity index (χ3v) is 6.14. The maximum absolute atomic E-state index is 10.6. The molecule has 29 heavy (non-hydrogen) atoms. The predicted octanol–water partition coefficient (Wildman–Crippen LogP) is 2.51. The molecule has 0 saturated heterocycles. The number of aliphatic carboxylic acids is 2. The molecule has 11 heteroatoms. The van der Waals surface area contributed by atoms with Gasteiger partial charge in [0.1, 0.15) is 23.6 Å². The molecule has 2 aromatic carbocycles. The van der Waals surface area contributed by atoms with Crippen LogP contribution in [0.3, 0.4) is 0 Å². The standard InChI is InChI=1S/C9H9I2NO3.C9H10INO3/c10-5-1-4(2-6(11)8(5)13)3-7(12)9(14)15;10-6-3-5(1-2-8(6)12)4-7(11)9(13)14/h1-2,7,13H,3,12H2,(H,14,15);1-3,7,12H,4,11H2,(H,13,14)/t2*7-/m00/s1. The van der Waals surface area contributed by atoms with Crippen molar-refractivity contribution in [2.75, 3.05) is 0 Å². The number of carbonyl (C=O) groups is 2. The summed E-state index contributed by atoms with van der Waals surface area (Å²) in [6, 6.07) is 6.60. The number of hydrogen-bond acceptors (Lipinski definition) is 6. The number of phenols is 2. The predicted molar refractivity (Wildman–Crippen MR) is 133 cm³/mol. The number of phenolic OH excluding ortho intramolecular Hbond substituents is 2. The summed E-state index contributed by atoms with van der Waals surface area (Å²) in [7, 11) is 0. The van der Waals surface area contributed by atoms with Gasteiger partial charge in [-0.25, -0.2) is 0 Å². The lowest BCUT2D eigenvalue weighted by Gasteiger charge is -2.08. The molecule has 158 valence electrons. The smallest absolute Gasteiger partial charge is 0.320 e. The molecule has 2 rings (SSSR count). The zero-order chi connectivity index (χ0) is 22.3. The number of benzene rings is 2. The largest absolute Gasteiger partial charge is 0.507 e. The van der Waals surface area contributed by atoms with Gasteiger partial charge >= 0.3 is 11.9 Å². The number of carboxylic acids is 2. The molecule has 0 spiro atoms. The molecular formula is C18H19I3N2O6. The number of hydrogen-bond donors (Lipinski definition) is 6. The fourth-order valence-corrected chi connectivity index (χ4v) is 4.57. The van der Waals surface area contributed by atoms with Gasteiger partial charge in [-0.15, -0.1) is 0 Å². The van der Waals surface area contributed by atoms with Crippen LogP contribution in [0.5, 0.6) is 11.5 Å². The fraction of sp³-hybridized carbons (Fsp3) is 0.222. The van der Waals surface area contributed by atoms with Gasteiger partial charge in [-0.05, 0) is 116 Å². The van der Waals surface area contributed by atoms with Crippen LogP contribution in [0.1, 0.15) is 11.1 Å². The molecule has 2 aromatic rings. The minimum Gasteiger partial charge on any atom is -0.507 e. The van der Waals surface area contributed by atoms with E-state index in [1.165, 1.54) is 6.07 Å². The summed E-state index contributed by atoms with van der Waals surface area (Å²) in [5.74, 6) is -1.62. The lowest BCUT2D eigenvalue weighted by atomic mass is 10.1. The van der Waals surface area contributed by atoms with Crippen LogP contribution in [0, 0.1) is 10.7 Å². The van der Waals surface area contributed by atoms with Crippen LogP contribution in [0.2, 0.25) is 0 Å². The maximum Gasteiger partial charge on any atom is 0.320 e. The third kappa shape index (κ3) is 8.77. The molecule has 0 aliphatic heterocycles. The molecule has 2 atom stereocenters. The molecule has 0 amide bonds. The molecule has 0 aliphatic rings. The Labute approximate surface area is 208 Å². The van der Waals surface area contributed by atoms with Crippen molar-refractivity contribution in [2.45, 2.75) is 24.9 Å². The minimum absolute atomic E-state index is 0.193. The van der Waals surface area contributed by atoms with E-state index in [-0.39, 0.29) is 24.3 Å². The molecule has 0 aromatic heterocycles. The SMILES string of the molecule is N[C@@H](Cc1cc(I)c(O)c(I)c1)C(=O)O.N[C@@H](Cc1ccc(O)c(I)c1)C(=O)O. The lowest BCUT2D eigenvalue weighted by Crippen LogP contribution is -2.32. The van der Waals surface area contributed by atoms with Gasteiger partial charge in [-0.2, -0.15) is 0 Å². The van der Waals surface area contributed by atoms with Gasteiger partial charge < -0.3 is 31.9 Å². The van der Waals surface area contributed by atoms with Crippen molar-refractivity contribution in [1.29, 1.82) is 0 Å². The average molecular weight is 740 g/mol. The van der Waals surface area contributed by atoms with E-state index in [1.54, 1.807) is 24.3 Å². The van der Waals surface area contributed by atoms with Crippen LogP contribution in [-0.4, -0.2) is 44.4 Å². The Morgan fingerprint density at radius 3 is 1.62 bits per heavy atom. The zero-order valence-electron chi connectivity index (χ0n) is 14.8. The van der Waals surface area contributed by atoms with Crippen molar-refractivity contribution >= 4 is 79.7 Å². The summed E-state index contributed by atoms with van der Waals surface area (Å²) >= 11 is 5.97. The quantitative estimate of drug-likeness (QED) is 0.246. The molecule has 8 N–H and O–H groups in total. The van der Waals surface area contributed by atoms with E-state index in [1.807, 2.05) is 67.8 Å². The summed E-state index contributed by atoms with van der Waals surface area (Å²) in [5.41, 5.74) is 12.4. The monoisotopic (exact) mass is 740 g/mol. The fourth-order valence-electron chi connectivity index (χ4n) is 2.10. The second-order valence-corrected chi connectivity index (χ2v) is 9.48.